The van der Waals surface area contributed by atoms with Crippen LogP contribution < -0.4 is 0 Å². The van der Waals surface area contributed by atoms with Crippen molar-refractivity contribution in [1.82, 2.24) is 23.3 Å². The highest BCUT2D eigenvalue weighted by atomic mass is 32.2. The van der Waals surface area contributed by atoms with E-state index in [2.05, 4.69) is 4.90 Å². The summed E-state index contributed by atoms with van der Waals surface area (Å²) in [6.45, 7) is 3.99. The van der Waals surface area contributed by atoms with E-state index in [0.29, 0.717) is 25.7 Å². The third-order valence-electron chi connectivity index (χ3n) is 5.47. The molecule has 0 N–H and O–H groups in total. The molecule has 0 aromatic rings. The van der Waals surface area contributed by atoms with E-state index in [1.807, 2.05) is 4.90 Å². The Hall–Kier alpha value is -0.940. The van der Waals surface area contributed by atoms with Crippen LogP contribution in [0.15, 0.2) is 0 Å². The van der Waals surface area contributed by atoms with Gasteiger partial charge in [0.25, 0.3) is 10.2 Å². The Labute approximate surface area is 164 Å². The topological polar surface area (TPSA) is 76.6 Å². The maximum absolute atomic E-state index is 12.3. The Kier molecular flexibility index (Phi) is 7.87. The van der Waals surface area contributed by atoms with Crippen LogP contribution in [0.5, 0.6) is 0 Å². The SMILES string of the molecule is CN(C)C(=O)N1CCC(N(CCN(C)S(=O)(=O)N(C)C)C2CCOCC2)C1. The molecule has 2 aliphatic rings. The van der Waals surface area contributed by atoms with Gasteiger partial charge in [0, 0.05) is 86.7 Å². The molecule has 0 aromatic carbocycles. The van der Waals surface area contributed by atoms with E-state index in [1.54, 1.807) is 40.1 Å². The van der Waals surface area contributed by atoms with Crippen LogP contribution in [0.1, 0.15) is 19.3 Å². The Morgan fingerprint density at radius 3 is 2.19 bits per heavy atom. The highest BCUT2D eigenvalue weighted by molar-refractivity contribution is 7.86. The molecule has 2 rings (SSSR count). The maximum atomic E-state index is 12.3. The van der Waals surface area contributed by atoms with Crippen LogP contribution in [0, 0.1) is 0 Å². The van der Waals surface area contributed by atoms with Gasteiger partial charge in [0.05, 0.1) is 0 Å². The normalized spacial score (nSPS) is 22.2. The van der Waals surface area contributed by atoms with Crippen LogP contribution in [0.25, 0.3) is 0 Å². The van der Waals surface area contributed by atoms with Gasteiger partial charge in [-0.15, -0.1) is 0 Å². The number of hydrogen-bond acceptors (Lipinski definition) is 5. The molecule has 0 bridgehead atoms. The van der Waals surface area contributed by atoms with E-state index < -0.39 is 10.2 Å². The summed E-state index contributed by atoms with van der Waals surface area (Å²) in [4.78, 5) is 18.2. The van der Waals surface area contributed by atoms with Crippen molar-refractivity contribution in [3.8, 4) is 0 Å². The predicted molar refractivity (Wildman–Crippen MR) is 105 cm³/mol. The van der Waals surface area contributed by atoms with Crippen LogP contribution in [-0.2, 0) is 14.9 Å². The van der Waals surface area contributed by atoms with Crippen molar-refractivity contribution in [3.05, 3.63) is 0 Å². The van der Waals surface area contributed by atoms with Gasteiger partial charge in [-0.1, -0.05) is 0 Å². The van der Waals surface area contributed by atoms with Crippen LogP contribution in [-0.4, -0.2) is 124 Å². The van der Waals surface area contributed by atoms with Crippen LogP contribution in [0.3, 0.4) is 0 Å². The first-order valence-electron chi connectivity index (χ1n) is 9.58. The molecule has 0 saturated carbocycles. The fraction of sp³-hybridized carbons (Fsp3) is 0.941. The Balaban J connectivity index is 2.05. The second kappa shape index (κ2) is 9.51. The van der Waals surface area contributed by atoms with Gasteiger partial charge in [-0.3, -0.25) is 4.90 Å². The minimum atomic E-state index is -3.42. The lowest BCUT2D eigenvalue weighted by atomic mass is 10.0. The highest BCUT2D eigenvalue weighted by Crippen LogP contribution is 2.24. The van der Waals surface area contributed by atoms with Gasteiger partial charge in [0.2, 0.25) is 0 Å². The molecular formula is C17H35N5O4S. The smallest absolute Gasteiger partial charge is 0.319 e. The fourth-order valence-electron chi connectivity index (χ4n) is 3.80. The zero-order valence-corrected chi connectivity index (χ0v) is 18.1. The standard InChI is InChI=1S/C17H35N5O4S/c1-18(2)17(23)21-9-6-16(14-21)22(15-7-12-26-13-8-15)11-10-20(5)27(24,25)19(3)4/h15-16H,6-14H2,1-5H3. The Morgan fingerprint density at radius 1 is 1.00 bits per heavy atom. The van der Waals surface area contributed by atoms with E-state index >= 15 is 0 Å². The summed E-state index contributed by atoms with van der Waals surface area (Å²) in [6, 6.07) is 0.665. The molecule has 1 atom stereocenters. The van der Waals surface area contributed by atoms with Crippen molar-refractivity contribution in [2.24, 2.45) is 0 Å². The molecule has 0 radical (unpaired) electrons. The lowest BCUT2D eigenvalue weighted by Gasteiger charge is -2.39. The molecule has 2 amide bonds. The fourth-order valence-corrected chi connectivity index (χ4v) is 4.67. The van der Waals surface area contributed by atoms with Crippen LogP contribution in [0.4, 0.5) is 4.79 Å². The number of rotatable bonds is 7. The first kappa shape index (κ1) is 22.4. The van der Waals surface area contributed by atoms with E-state index in [1.165, 1.54) is 8.61 Å². The summed E-state index contributed by atoms with van der Waals surface area (Å²) < 4.78 is 32.8. The minimum Gasteiger partial charge on any atom is -0.381 e. The van der Waals surface area contributed by atoms with Crippen molar-refractivity contribution in [2.45, 2.75) is 31.3 Å². The third kappa shape index (κ3) is 5.54. The van der Waals surface area contributed by atoms with Crippen molar-refractivity contribution in [3.63, 3.8) is 0 Å². The number of likely N-dealkylation sites (N-methyl/N-ethyl adjacent to an activating group) is 1. The lowest BCUT2D eigenvalue weighted by Crippen LogP contribution is -2.51. The second-order valence-electron chi connectivity index (χ2n) is 7.76. The average Bonchev–Trinajstić information content (AvgIpc) is 3.11. The monoisotopic (exact) mass is 405 g/mol. The number of amides is 2. The molecule has 27 heavy (non-hydrogen) atoms. The van der Waals surface area contributed by atoms with E-state index in [-0.39, 0.29) is 12.1 Å². The molecule has 0 aliphatic carbocycles. The molecule has 158 valence electrons. The molecule has 2 fully saturated rings. The molecule has 9 nitrogen and oxygen atoms in total. The molecule has 2 saturated heterocycles. The molecule has 2 heterocycles. The minimum absolute atomic E-state index is 0.0386. The number of carbonyl (C=O) groups is 1. The lowest BCUT2D eigenvalue weighted by molar-refractivity contribution is 0.0172. The van der Waals surface area contributed by atoms with Gasteiger partial charge in [0.15, 0.2) is 0 Å². The zero-order chi connectivity index (χ0) is 20.2. The molecule has 2 aliphatic heterocycles. The van der Waals surface area contributed by atoms with Crippen molar-refractivity contribution < 1.29 is 17.9 Å². The summed E-state index contributed by atoms with van der Waals surface area (Å²) in [7, 11) is 4.83. The second-order valence-corrected chi connectivity index (χ2v) is 10.0. The molecule has 1 unspecified atom stereocenters. The third-order valence-corrected chi connectivity index (χ3v) is 7.37. The maximum Gasteiger partial charge on any atom is 0.319 e. The van der Waals surface area contributed by atoms with E-state index in [0.717, 1.165) is 39.0 Å². The number of hydrogen-bond donors (Lipinski definition) is 0. The van der Waals surface area contributed by atoms with E-state index in [4.69, 9.17) is 4.74 Å². The summed E-state index contributed by atoms with van der Waals surface area (Å²) in [5, 5.41) is 0. The van der Waals surface area contributed by atoms with Gasteiger partial charge in [-0.25, -0.2) is 4.79 Å². The van der Waals surface area contributed by atoms with Gasteiger partial charge in [-0.05, 0) is 19.3 Å². The summed E-state index contributed by atoms with van der Waals surface area (Å²) in [5.41, 5.74) is 0. The number of ether oxygens (including phenoxy) is 1. The zero-order valence-electron chi connectivity index (χ0n) is 17.3. The number of nitrogens with zero attached hydrogens (tertiary/aromatic N) is 5. The number of carbonyl (C=O) groups excluding carboxylic acids is 1. The summed E-state index contributed by atoms with van der Waals surface area (Å²) in [5.74, 6) is 0. The van der Waals surface area contributed by atoms with Crippen molar-refractivity contribution in [2.75, 3.05) is 74.6 Å². The number of urea groups is 1. The summed E-state index contributed by atoms with van der Waals surface area (Å²) in [6.07, 6.45) is 2.81. The highest BCUT2D eigenvalue weighted by Gasteiger charge is 2.35. The number of likely N-dealkylation sites (tertiary alicyclic amines) is 1. The first-order valence-corrected chi connectivity index (χ1v) is 11.0. The van der Waals surface area contributed by atoms with Gasteiger partial charge in [-0.2, -0.15) is 17.0 Å². The molecular weight excluding hydrogens is 370 g/mol. The van der Waals surface area contributed by atoms with E-state index in [9.17, 15) is 13.2 Å². The predicted octanol–water partition coefficient (Wildman–Crippen LogP) is -0.0385. The molecule has 10 heteroatoms. The quantitative estimate of drug-likeness (QED) is 0.594. The Bertz CT molecular complexity index is 592. The average molecular weight is 406 g/mol. The van der Waals surface area contributed by atoms with Gasteiger partial charge in [0.1, 0.15) is 0 Å². The first-order chi connectivity index (χ1) is 12.6. The van der Waals surface area contributed by atoms with Gasteiger partial charge < -0.3 is 14.5 Å². The molecule has 0 spiro atoms. The van der Waals surface area contributed by atoms with Crippen LogP contribution >= 0.6 is 0 Å². The van der Waals surface area contributed by atoms with Crippen molar-refractivity contribution in [1.29, 1.82) is 0 Å². The van der Waals surface area contributed by atoms with Crippen LogP contribution in [0.2, 0.25) is 0 Å². The Morgan fingerprint density at radius 2 is 1.63 bits per heavy atom. The molecule has 0 aromatic heterocycles. The largest absolute Gasteiger partial charge is 0.381 e. The van der Waals surface area contributed by atoms with Crippen molar-refractivity contribution >= 4 is 16.2 Å². The summed E-state index contributed by atoms with van der Waals surface area (Å²) >= 11 is 0. The van der Waals surface area contributed by atoms with Gasteiger partial charge >= 0.3 is 6.03 Å².